The lowest BCUT2D eigenvalue weighted by Crippen LogP contribution is -2.11. The topological polar surface area (TPSA) is 86.3 Å². The Bertz CT molecular complexity index is 656. The van der Waals surface area contributed by atoms with Crippen LogP contribution in [0.5, 0.6) is 0 Å². The van der Waals surface area contributed by atoms with Crippen LogP contribution in [0.1, 0.15) is 5.82 Å². The highest BCUT2D eigenvalue weighted by Gasteiger charge is 2.08. The van der Waals surface area contributed by atoms with Gasteiger partial charge in [0.05, 0.1) is 12.2 Å². The molecular weight excluding hydrogens is 244 g/mol. The second kappa shape index (κ2) is 4.84. The molecule has 0 saturated heterocycles. The van der Waals surface area contributed by atoms with Crippen molar-refractivity contribution in [3.63, 3.8) is 0 Å². The lowest BCUT2D eigenvalue weighted by molar-refractivity contribution is 0.708. The van der Waals surface area contributed by atoms with Crippen LogP contribution in [0.3, 0.4) is 0 Å². The molecule has 0 aliphatic carbocycles. The summed E-state index contributed by atoms with van der Waals surface area (Å²) in [5, 5.41) is 18.7. The van der Waals surface area contributed by atoms with E-state index in [9.17, 15) is 0 Å². The van der Waals surface area contributed by atoms with Crippen LogP contribution in [0, 0.1) is 0 Å². The third-order valence-corrected chi connectivity index (χ3v) is 2.68. The molecule has 1 N–H and O–H groups in total. The molecule has 0 saturated carbocycles. The summed E-state index contributed by atoms with van der Waals surface area (Å²) in [5.41, 5.74) is 0.896. The number of hydrogen-bond donors (Lipinski definition) is 1. The average Bonchev–Trinajstić information content (AvgIpc) is 3.06. The second-order valence-electron chi connectivity index (χ2n) is 3.90. The first-order valence-electron chi connectivity index (χ1n) is 5.75. The predicted molar refractivity (Wildman–Crippen MR) is 67.5 cm³/mol. The number of anilines is 1. The zero-order valence-electron chi connectivity index (χ0n) is 10.3. The van der Waals surface area contributed by atoms with Crippen LogP contribution in [-0.2, 0) is 13.6 Å². The normalized spacial score (nSPS) is 10.6. The Balaban J connectivity index is 1.80. The maximum absolute atomic E-state index is 4.13. The molecule has 8 heteroatoms. The first-order valence-corrected chi connectivity index (χ1v) is 5.75. The van der Waals surface area contributed by atoms with Crippen LogP contribution in [0.2, 0.25) is 0 Å². The molecule has 0 atom stereocenters. The molecule has 19 heavy (non-hydrogen) atoms. The van der Waals surface area contributed by atoms with Crippen molar-refractivity contribution >= 4 is 5.95 Å². The summed E-state index contributed by atoms with van der Waals surface area (Å²) in [4.78, 5) is 4.13. The van der Waals surface area contributed by atoms with E-state index in [1.165, 1.54) is 6.33 Å². The van der Waals surface area contributed by atoms with Gasteiger partial charge in [-0.1, -0.05) is 23.3 Å². The van der Waals surface area contributed by atoms with Crippen molar-refractivity contribution in [3.05, 3.63) is 42.5 Å². The molecule has 3 aromatic rings. The Morgan fingerprint density at radius 2 is 2.05 bits per heavy atom. The minimum absolute atomic E-state index is 0.504. The molecule has 0 spiro atoms. The first kappa shape index (κ1) is 11.3. The van der Waals surface area contributed by atoms with Crippen molar-refractivity contribution in [2.45, 2.75) is 6.54 Å². The summed E-state index contributed by atoms with van der Waals surface area (Å²) in [6, 6.07) is 9.68. The van der Waals surface area contributed by atoms with Crippen LogP contribution in [0.4, 0.5) is 5.95 Å². The minimum atomic E-state index is 0.504. The number of aromatic nitrogens is 7. The van der Waals surface area contributed by atoms with Crippen LogP contribution < -0.4 is 5.32 Å². The third kappa shape index (κ3) is 2.28. The van der Waals surface area contributed by atoms with Gasteiger partial charge in [0, 0.05) is 7.05 Å². The van der Waals surface area contributed by atoms with Crippen LogP contribution in [0.15, 0.2) is 36.7 Å². The summed E-state index contributed by atoms with van der Waals surface area (Å²) < 4.78 is 3.33. The maximum atomic E-state index is 4.13. The fraction of sp³-hybridized carbons (Fsp3) is 0.182. The van der Waals surface area contributed by atoms with Gasteiger partial charge in [-0.2, -0.15) is 9.78 Å². The molecular formula is C11H12N8. The predicted octanol–water partition coefficient (Wildman–Crippen LogP) is 0.403. The molecule has 0 fully saturated rings. The smallest absolute Gasteiger partial charge is 0.248 e. The Morgan fingerprint density at radius 1 is 1.21 bits per heavy atom. The van der Waals surface area contributed by atoms with Crippen molar-refractivity contribution < 1.29 is 0 Å². The van der Waals surface area contributed by atoms with E-state index in [4.69, 9.17) is 0 Å². The highest BCUT2D eigenvalue weighted by Crippen LogP contribution is 2.10. The van der Waals surface area contributed by atoms with E-state index in [0.717, 1.165) is 11.5 Å². The van der Waals surface area contributed by atoms with Crippen molar-refractivity contribution in [2.24, 2.45) is 7.05 Å². The number of benzene rings is 1. The summed E-state index contributed by atoms with van der Waals surface area (Å²) in [6.45, 7) is 0.504. The number of tetrazole rings is 1. The number of nitrogens with one attached hydrogen (secondary N) is 1. The Morgan fingerprint density at radius 3 is 2.79 bits per heavy atom. The lowest BCUT2D eigenvalue weighted by atomic mass is 10.3. The molecule has 2 heterocycles. The van der Waals surface area contributed by atoms with Gasteiger partial charge in [-0.3, -0.25) is 4.68 Å². The fourth-order valence-electron chi connectivity index (χ4n) is 1.68. The molecule has 0 amide bonds. The average molecular weight is 256 g/mol. The summed E-state index contributed by atoms with van der Waals surface area (Å²) >= 11 is 0. The van der Waals surface area contributed by atoms with Gasteiger partial charge in [0.2, 0.25) is 5.95 Å². The highest BCUT2D eigenvalue weighted by atomic mass is 15.6. The fourth-order valence-corrected chi connectivity index (χ4v) is 1.68. The largest absolute Gasteiger partial charge is 0.345 e. The first-order chi connectivity index (χ1) is 9.34. The van der Waals surface area contributed by atoms with Gasteiger partial charge in [-0.25, -0.2) is 4.98 Å². The second-order valence-corrected chi connectivity index (χ2v) is 3.90. The van der Waals surface area contributed by atoms with Crippen molar-refractivity contribution in [1.82, 2.24) is 35.0 Å². The van der Waals surface area contributed by atoms with Crippen LogP contribution in [0.25, 0.3) is 5.69 Å². The third-order valence-electron chi connectivity index (χ3n) is 2.68. The Hall–Kier alpha value is -2.77. The highest BCUT2D eigenvalue weighted by molar-refractivity contribution is 5.38. The van der Waals surface area contributed by atoms with Gasteiger partial charge in [-0.05, 0) is 22.6 Å². The van der Waals surface area contributed by atoms with Gasteiger partial charge in [0.25, 0.3) is 0 Å². The van der Waals surface area contributed by atoms with Crippen molar-refractivity contribution in [2.75, 3.05) is 5.32 Å². The molecule has 0 aliphatic heterocycles. The maximum Gasteiger partial charge on any atom is 0.248 e. The van der Waals surface area contributed by atoms with E-state index < -0.39 is 0 Å². The molecule has 0 unspecified atom stereocenters. The van der Waals surface area contributed by atoms with Gasteiger partial charge in [-0.15, -0.1) is 0 Å². The molecule has 0 aliphatic rings. The molecule has 0 radical (unpaired) electrons. The Kier molecular flexibility index (Phi) is 2.89. The van der Waals surface area contributed by atoms with Gasteiger partial charge in [0.15, 0.2) is 0 Å². The SMILES string of the molecule is Cn1ncnc1CNc1nnnn1-c1ccccc1. The van der Waals surface area contributed by atoms with Crippen molar-refractivity contribution in [1.29, 1.82) is 0 Å². The molecule has 3 rings (SSSR count). The number of hydrogen-bond acceptors (Lipinski definition) is 6. The number of rotatable bonds is 4. The van der Waals surface area contributed by atoms with Crippen molar-refractivity contribution in [3.8, 4) is 5.69 Å². The monoisotopic (exact) mass is 256 g/mol. The molecule has 0 bridgehead atoms. The van der Waals surface area contributed by atoms with Gasteiger partial charge >= 0.3 is 0 Å². The quantitative estimate of drug-likeness (QED) is 0.727. The zero-order chi connectivity index (χ0) is 13.1. The molecule has 2 aromatic heterocycles. The number of para-hydroxylation sites is 1. The number of nitrogens with zero attached hydrogens (tertiary/aromatic N) is 7. The summed E-state index contributed by atoms with van der Waals surface area (Å²) in [6.07, 6.45) is 1.51. The molecule has 1 aromatic carbocycles. The van der Waals surface area contributed by atoms with E-state index in [-0.39, 0.29) is 0 Å². The van der Waals surface area contributed by atoms with E-state index in [1.807, 2.05) is 37.4 Å². The summed E-state index contributed by atoms with van der Waals surface area (Å²) in [5.74, 6) is 1.37. The lowest BCUT2D eigenvalue weighted by Gasteiger charge is -2.06. The summed E-state index contributed by atoms with van der Waals surface area (Å²) in [7, 11) is 1.84. The zero-order valence-corrected chi connectivity index (χ0v) is 10.3. The van der Waals surface area contributed by atoms with E-state index in [0.29, 0.717) is 12.5 Å². The van der Waals surface area contributed by atoms with Gasteiger partial charge < -0.3 is 5.32 Å². The van der Waals surface area contributed by atoms with E-state index >= 15 is 0 Å². The standard InChI is InChI=1S/C11H12N8/c1-18-10(13-8-14-18)7-12-11-15-16-17-19(11)9-5-3-2-4-6-9/h2-6,8H,7H2,1H3,(H,12,15,17). The molecule has 96 valence electrons. The minimum Gasteiger partial charge on any atom is -0.345 e. The molecule has 8 nitrogen and oxygen atoms in total. The van der Waals surface area contributed by atoms with Crippen LogP contribution >= 0.6 is 0 Å². The van der Waals surface area contributed by atoms with E-state index in [2.05, 4.69) is 30.9 Å². The van der Waals surface area contributed by atoms with Gasteiger partial charge in [0.1, 0.15) is 12.2 Å². The Labute approximate surface area is 109 Å². The van der Waals surface area contributed by atoms with Crippen LogP contribution in [-0.4, -0.2) is 35.0 Å². The van der Waals surface area contributed by atoms with E-state index in [1.54, 1.807) is 9.36 Å². The number of aryl methyl sites for hydroxylation is 1.